The molecule has 3 aromatic rings. The third kappa shape index (κ3) is 3.90. The number of carbonyl (C=O) groups excluding carboxylic acids is 2. The van der Waals surface area contributed by atoms with Gasteiger partial charge in [0, 0.05) is 34.3 Å². The van der Waals surface area contributed by atoms with Gasteiger partial charge < -0.3 is 20.3 Å². The molecule has 0 aliphatic carbocycles. The maximum absolute atomic E-state index is 12.8. The summed E-state index contributed by atoms with van der Waals surface area (Å²) in [4.78, 5) is 28.7. The Balaban J connectivity index is 1.55. The highest BCUT2D eigenvalue weighted by Crippen LogP contribution is 2.41. The van der Waals surface area contributed by atoms with Gasteiger partial charge in [0.05, 0.1) is 18.4 Å². The van der Waals surface area contributed by atoms with Gasteiger partial charge in [0.2, 0.25) is 0 Å². The first-order valence-electron chi connectivity index (χ1n) is 8.96. The molecule has 0 radical (unpaired) electrons. The molecule has 1 heterocycles. The zero-order valence-electron chi connectivity index (χ0n) is 15.9. The van der Waals surface area contributed by atoms with Crippen LogP contribution in [0.25, 0.3) is 0 Å². The number of nitrogens with zero attached hydrogens (tertiary/aromatic N) is 1. The number of hydrogen-bond acceptors (Lipinski definition) is 4. The molecule has 0 bridgehead atoms. The number of amides is 3. The number of ether oxygens (including phenoxy) is 1. The summed E-state index contributed by atoms with van der Waals surface area (Å²) < 4.78 is 5.17. The van der Waals surface area contributed by atoms with Gasteiger partial charge in [-0.3, -0.25) is 4.79 Å². The first kappa shape index (κ1) is 18.9. The lowest BCUT2D eigenvalue weighted by atomic mass is 10.2. The molecule has 1 aliphatic rings. The van der Waals surface area contributed by atoms with Crippen LogP contribution >= 0.6 is 11.8 Å². The van der Waals surface area contributed by atoms with Crippen LogP contribution in [0.4, 0.5) is 21.9 Å². The van der Waals surface area contributed by atoms with Gasteiger partial charge >= 0.3 is 6.03 Å². The van der Waals surface area contributed by atoms with Crippen LogP contribution in [0.2, 0.25) is 0 Å². The van der Waals surface area contributed by atoms with Crippen LogP contribution in [0.15, 0.2) is 76.5 Å². The second-order valence-electron chi connectivity index (χ2n) is 6.46. The molecular formula is C22H19N3O3S. The molecule has 3 aromatic carbocycles. The Kier molecular flexibility index (Phi) is 5.14. The Morgan fingerprint density at radius 3 is 2.48 bits per heavy atom. The van der Waals surface area contributed by atoms with E-state index in [1.54, 1.807) is 61.2 Å². The molecule has 3 amide bonds. The van der Waals surface area contributed by atoms with E-state index in [4.69, 9.17) is 4.74 Å². The highest BCUT2D eigenvalue weighted by atomic mass is 32.2. The summed E-state index contributed by atoms with van der Waals surface area (Å²) in [5, 5.41) is 5.59. The number of carbonyl (C=O) groups is 2. The van der Waals surface area contributed by atoms with Gasteiger partial charge in [-0.05, 0) is 42.5 Å². The summed E-state index contributed by atoms with van der Waals surface area (Å²) in [5.41, 5.74) is 2.63. The summed E-state index contributed by atoms with van der Waals surface area (Å²) in [5.74, 6) is 0.578. The van der Waals surface area contributed by atoms with Crippen molar-refractivity contribution < 1.29 is 14.3 Å². The molecule has 0 fully saturated rings. The van der Waals surface area contributed by atoms with Crippen molar-refractivity contribution in [2.75, 3.05) is 29.7 Å². The number of rotatable bonds is 3. The largest absolute Gasteiger partial charge is 0.497 e. The minimum absolute atomic E-state index is 0.0789. The van der Waals surface area contributed by atoms with E-state index in [0.717, 1.165) is 15.5 Å². The van der Waals surface area contributed by atoms with Crippen LogP contribution in [-0.4, -0.2) is 26.1 Å². The minimum atomic E-state index is -0.378. The monoisotopic (exact) mass is 405 g/mol. The lowest BCUT2D eigenvalue weighted by molar-refractivity contribution is 0.0990. The summed E-state index contributed by atoms with van der Waals surface area (Å²) in [6.07, 6.45) is 0. The highest BCUT2D eigenvalue weighted by molar-refractivity contribution is 7.99. The molecular weight excluding hydrogens is 386 g/mol. The van der Waals surface area contributed by atoms with Crippen LogP contribution < -0.4 is 20.3 Å². The van der Waals surface area contributed by atoms with Gasteiger partial charge in [-0.25, -0.2) is 4.79 Å². The van der Waals surface area contributed by atoms with Crippen molar-refractivity contribution in [3.63, 3.8) is 0 Å². The fourth-order valence-electron chi connectivity index (χ4n) is 3.08. The molecule has 0 aromatic heterocycles. The van der Waals surface area contributed by atoms with E-state index in [2.05, 4.69) is 10.6 Å². The fraction of sp³-hybridized carbons (Fsp3) is 0.0909. The second-order valence-corrected chi connectivity index (χ2v) is 7.54. The van der Waals surface area contributed by atoms with E-state index >= 15 is 0 Å². The van der Waals surface area contributed by atoms with Crippen LogP contribution in [0.5, 0.6) is 5.75 Å². The molecule has 0 saturated carbocycles. The second kappa shape index (κ2) is 7.89. The maximum Gasteiger partial charge on any atom is 0.323 e. The number of urea groups is 1. The van der Waals surface area contributed by atoms with Gasteiger partial charge in [-0.2, -0.15) is 0 Å². The number of hydrogen-bond donors (Lipinski definition) is 2. The van der Waals surface area contributed by atoms with Gasteiger partial charge in [-0.15, -0.1) is 0 Å². The zero-order valence-corrected chi connectivity index (χ0v) is 16.7. The number of fused-ring (bicyclic) bond motifs is 2. The third-order valence-corrected chi connectivity index (χ3v) is 5.69. The van der Waals surface area contributed by atoms with E-state index in [1.165, 1.54) is 0 Å². The van der Waals surface area contributed by atoms with E-state index < -0.39 is 0 Å². The normalized spacial score (nSPS) is 12.5. The Bertz CT molecular complexity index is 1100. The quantitative estimate of drug-likeness (QED) is 0.637. The molecule has 2 N–H and O–H groups in total. The SMILES string of the molecule is COc1cccc(NC(=O)Nc2ccc3c(c2)N(C)C(=O)c2ccccc2S3)c1. The van der Waals surface area contributed by atoms with Crippen LogP contribution in [0.1, 0.15) is 10.4 Å². The van der Waals surface area contributed by atoms with E-state index in [1.807, 2.05) is 36.4 Å². The number of anilines is 3. The molecule has 0 unspecified atom stereocenters. The molecule has 6 nitrogen and oxygen atoms in total. The summed E-state index contributed by atoms with van der Waals surface area (Å²) >= 11 is 1.54. The van der Waals surface area contributed by atoms with Crippen molar-refractivity contribution in [3.05, 3.63) is 72.3 Å². The minimum Gasteiger partial charge on any atom is -0.497 e. The topological polar surface area (TPSA) is 70.7 Å². The summed E-state index contributed by atoms with van der Waals surface area (Å²) in [7, 11) is 3.31. The molecule has 146 valence electrons. The summed E-state index contributed by atoms with van der Waals surface area (Å²) in [6.45, 7) is 0. The number of methoxy groups -OCH3 is 1. The number of benzene rings is 3. The smallest absolute Gasteiger partial charge is 0.323 e. The van der Waals surface area contributed by atoms with Crippen molar-refractivity contribution in [1.82, 2.24) is 0 Å². The molecule has 1 aliphatic heterocycles. The molecule has 0 atom stereocenters. The lowest BCUT2D eigenvalue weighted by Gasteiger charge is -2.18. The first-order chi connectivity index (χ1) is 14.0. The maximum atomic E-state index is 12.8. The summed E-state index contributed by atoms with van der Waals surface area (Å²) in [6, 6.07) is 19.8. The molecule has 0 saturated heterocycles. The van der Waals surface area contributed by atoms with Crippen molar-refractivity contribution >= 4 is 40.8 Å². The van der Waals surface area contributed by atoms with Gasteiger partial charge in [0.1, 0.15) is 5.75 Å². The molecule has 0 spiro atoms. The van der Waals surface area contributed by atoms with Crippen molar-refractivity contribution in [3.8, 4) is 5.75 Å². The van der Waals surface area contributed by atoms with Gasteiger partial charge in [-0.1, -0.05) is 30.0 Å². The Morgan fingerprint density at radius 2 is 1.69 bits per heavy atom. The fourth-order valence-corrected chi connectivity index (χ4v) is 4.16. The van der Waals surface area contributed by atoms with Crippen molar-refractivity contribution in [2.24, 2.45) is 0 Å². The predicted molar refractivity (Wildman–Crippen MR) is 115 cm³/mol. The Labute approximate surface area is 172 Å². The highest BCUT2D eigenvalue weighted by Gasteiger charge is 2.24. The first-order valence-corrected chi connectivity index (χ1v) is 9.78. The Hall–Kier alpha value is -3.45. The molecule has 7 heteroatoms. The molecule has 29 heavy (non-hydrogen) atoms. The van der Waals surface area contributed by atoms with Crippen LogP contribution in [0, 0.1) is 0 Å². The standard InChI is InChI=1S/C22H19N3O3S/c1-25-18-13-15(24-22(27)23-14-6-5-7-16(12-14)28-2)10-11-20(18)29-19-9-4-3-8-17(19)21(25)26/h3-13H,1-2H3,(H2,23,24,27). The van der Waals surface area contributed by atoms with Crippen molar-refractivity contribution in [1.29, 1.82) is 0 Å². The van der Waals surface area contributed by atoms with E-state index in [-0.39, 0.29) is 11.9 Å². The van der Waals surface area contributed by atoms with Crippen molar-refractivity contribution in [2.45, 2.75) is 9.79 Å². The third-order valence-electron chi connectivity index (χ3n) is 4.55. The van der Waals surface area contributed by atoms with Gasteiger partial charge in [0.15, 0.2) is 0 Å². The van der Waals surface area contributed by atoms with Crippen LogP contribution in [0.3, 0.4) is 0 Å². The Morgan fingerprint density at radius 1 is 0.931 bits per heavy atom. The number of nitrogens with one attached hydrogen (secondary N) is 2. The molecule has 4 rings (SSSR count). The average Bonchev–Trinajstić information content (AvgIpc) is 2.83. The van der Waals surface area contributed by atoms with E-state index in [9.17, 15) is 9.59 Å². The van der Waals surface area contributed by atoms with E-state index in [0.29, 0.717) is 22.7 Å². The van der Waals surface area contributed by atoms with Crippen LogP contribution in [-0.2, 0) is 0 Å². The average molecular weight is 405 g/mol. The zero-order chi connectivity index (χ0) is 20.4. The van der Waals surface area contributed by atoms with Gasteiger partial charge in [0.25, 0.3) is 5.91 Å². The lowest BCUT2D eigenvalue weighted by Crippen LogP contribution is -2.26. The predicted octanol–water partition coefficient (Wildman–Crippen LogP) is 5.08.